The van der Waals surface area contributed by atoms with Crippen molar-refractivity contribution in [2.75, 3.05) is 23.8 Å². The zero-order chi connectivity index (χ0) is 26.0. The summed E-state index contributed by atoms with van der Waals surface area (Å²) in [4.78, 5) is 23.6. The molecule has 0 saturated carbocycles. The van der Waals surface area contributed by atoms with Gasteiger partial charge in [-0.1, -0.05) is 23.5 Å². The van der Waals surface area contributed by atoms with Gasteiger partial charge in [0.15, 0.2) is 10.8 Å². The van der Waals surface area contributed by atoms with Gasteiger partial charge in [0.25, 0.3) is 5.91 Å². The number of anilines is 2. The Morgan fingerprint density at radius 3 is 2.27 bits per heavy atom. The Kier molecular flexibility index (Phi) is 8.26. The number of rotatable bonds is 10. The Labute approximate surface area is 216 Å². The smallest absolute Gasteiger partial charge is 0.268 e. The van der Waals surface area contributed by atoms with Gasteiger partial charge < -0.3 is 19.2 Å². The SMILES string of the molecule is CC(=O)Nc1ccc(OCCOc2ccc(C=C(C#N)C(=O)Nc3nnc(-c4ccco4)s3)cc2)cc1. The molecule has 0 aliphatic carbocycles. The van der Waals surface area contributed by atoms with Crippen LogP contribution < -0.4 is 20.1 Å². The van der Waals surface area contributed by atoms with E-state index in [4.69, 9.17) is 13.9 Å². The lowest BCUT2D eigenvalue weighted by Crippen LogP contribution is -2.13. The van der Waals surface area contributed by atoms with E-state index in [9.17, 15) is 14.9 Å². The zero-order valence-electron chi connectivity index (χ0n) is 19.6. The van der Waals surface area contributed by atoms with Crippen molar-refractivity contribution in [3.8, 4) is 28.3 Å². The molecule has 37 heavy (non-hydrogen) atoms. The number of aromatic nitrogens is 2. The maximum Gasteiger partial charge on any atom is 0.268 e. The van der Waals surface area contributed by atoms with Gasteiger partial charge in [-0.2, -0.15) is 5.26 Å². The molecule has 2 heterocycles. The van der Waals surface area contributed by atoms with Gasteiger partial charge in [0.2, 0.25) is 11.0 Å². The minimum absolute atomic E-state index is 0.0821. The third kappa shape index (κ3) is 7.27. The summed E-state index contributed by atoms with van der Waals surface area (Å²) in [5, 5.41) is 23.4. The summed E-state index contributed by atoms with van der Waals surface area (Å²) in [6, 6.07) is 19.4. The highest BCUT2D eigenvalue weighted by Gasteiger charge is 2.14. The molecule has 0 unspecified atom stereocenters. The first-order chi connectivity index (χ1) is 18.0. The lowest BCUT2D eigenvalue weighted by Gasteiger charge is -2.09. The average molecular weight is 516 g/mol. The highest BCUT2D eigenvalue weighted by atomic mass is 32.1. The molecule has 0 fully saturated rings. The Balaban J connectivity index is 1.26. The van der Waals surface area contributed by atoms with Crippen molar-refractivity contribution in [2.24, 2.45) is 0 Å². The number of carbonyl (C=O) groups excluding carboxylic acids is 2. The monoisotopic (exact) mass is 515 g/mol. The number of hydrogen-bond donors (Lipinski definition) is 2. The number of nitrogens with one attached hydrogen (secondary N) is 2. The third-order valence-corrected chi connectivity index (χ3v) is 5.58. The fraction of sp³-hybridized carbons (Fsp3) is 0.115. The van der Waals surface area contributed by atoms with Crippen LogP contribution in [0.3, 0.4) is 0 Å². The van der Waals surface area contributed by atoms with Crippen LogP contribution in [0.25, 0.3) is 16.8 Å². The maximum absolute atomic E-state index is 12.5. The summed E-state index contributed by atoms with van der Waals surface area (Å²) < 4.78 is 16.6. The zero-order valence-corrected chi connectivity index (χ0v) is 20.5. The highest BCUT2D eigenvalue weighted by Crippen LogP contribution is 2.27. The summed E-state index contributed by atoms with van der Waals surface area (Å²) in [6.45, 7) is 2.09. The molecule has 2 aromatic heterocycles. The van der Waals surface area contributed by atoms with Crippen LogP contribution in [0, 0.1) is 11.3 Å². The van der Waals surface area contributed by atoms with E-state index in [1.54, 1.807) is 60.7 Å². The van der Waals surface area contributed by atoms with Crippen LogP contribution in [0.5, 0.6) is 11.5 Å². The first-order valence-electron chi connectivity index (χ1n) is 11.0. The van der Waals surface area contributed by atoms with Gasteiger partial charge in [-0.3, -0.25) is 14.9 Å². The van der Waals surface area contributed by atoms with E-state index in [0.717, 1.165) is 11.3 Å². The topological polar surface area (TPSA) is 139 Å². The van der Waals surface area contributed by atoms with Crippen LogP contribution in [-0.4, -0.2) is 35.2 Å². The van der Waals surface area contributed by atoms with Crippen molar-refractivity contribution in [3.63, 3.8) is 0 Å². The average Bonchev–Trinajstić information content (AvgIpc) is 3.59. The Morgan fingerprint density at radius 1 is 1.00 bits per heavy atom. The molecule has 0 atom stereocenters. The normalized spacial score (nSPS) is 10.9. The van der Waals surface area contributed by atoms with E-state index in [-0.39, 0.29) is 16.6 Å². The molecule has 2 aromatic carbocycles. The number of benzene rings is 2. The van der Waals surface area contributed by atoms with E-state index >= 15 is 0 Å². The third-order valence-electron chi connectivity index (χ3n) is 4.73. The van der Waals surface area contributed by atoms with Gasteiger partial charge in [-0.05, 0) is 60.2 Å². The first-order valence-corrected chi connectivity index (χ1v) is 11.9. The lowest BCUT2D eigenvalue weighted by atomic mass is 10.1. The van der Waals surface area contributed by atoms with Gasteiger partial charge in [0.05, 0.1) is 6.26 Å². The standard InChI is InChI=1S/C26H21N5O5S/c1-17(32)28-20-6-10-22(11-7-20)35-14-13-34-21-8-4-18(5-9-21)15-19(16-27)24(33)29-26-31-30-25(37-26)23-3-2-12-36-23/h2-12,15H,13-14H2,1H3,(H,28,32)(H,29,31,33). The first kappa shape index (κ1) is 25.2. The predicted molar refractivity (Wildman–Crippen MR) is 138 cm³/mol. The molecule has 0 radical (unpaired) electrons. The highest BCUT2D eigenvalue weighted by molar-refractivity contribution is 7.18. The van der Waals surface area contributed by atoms with Gasteiger partial charge in [0, 0.05) is 12.6 Å². The van der Waals surface area contributed by atoms with Crippen LogP contribution >= 0.6 is 11.3 Å². The molecule has 11 heteroatoms. The van der Waals surface area contributed by atoms with Crippen molar-refractivity contribution in [1.82, 2.24) is 10.2 Å². The minimum Gasteiger partial charge on any atom is -0.490 e. The Hall–Kier alpha value is -4.95. The van der Waals surface area contributed by atoms with Gasteiger partial charge in [-0.15, -0.1) is 10.2 Å². The molecule has 0 aliphatic rings. The van der Waals surface area contributed by atoms with E-state index in [1.807, 2.05) is 6.07 Å². The molecule has 4 aromatic rings. The number of ether oxygens (including phenoxy) is 2. The fourth-order valence-electron chi connectivity index (χ4n) is 3.07. The number of carbonyl (C=O) groups is 2. The van der Waals surface area contributed by atoms with E-state index in [1.165, 1.54) is 19.3 Å². The molecule has 2 amide bonds. The van der Waals surface area contributed by atoms with Crippen molar-refractivity contribution < 1.29 is 23.5 Å². The molecule has 10 nitrogen and oxygen atoms in total. The number of amides is 2. The van der Waals surface area contributed by atoms with Crippen molar-refractivity contribution in [3.05, 3.63) is 78.1 Å². The quantitative estimate of drug-likeness (QED) is 0.175. The number of nitrogens with zero attached hydrogens (tertiary/aromatic N) is 3. The number of hydrogen-bond acceptors (Lipinski definition) is 9. The molecular weight excluding hydrogens is 494 g/mol. The predicted octanol–water partition coefficient (Wildman–Crippen LogP) is 4.76. The van der Waals surface area contributed by atoms with Gasteiger partial charge >= 0.3 is 0 Å². The van der Waals surface area contributed by atoms with Crippen LogP contribution in [-0.2, 0) is 9.59 Å². The van der Waals surface area contributed by atoms with Gasteiger partial charge in [0.1, 0.15) is 36.4 Å². The second-order valence-corrected chi connectivity index (χ2v) is 8.46. The fourth-order valence-corrected chi connectivity index (χ4v) is 3.78. The lowest BCUT2D eigenvalue weighted by molar-refractivity contribution is -0.114. The second kappa shape index (κ2) is 12.1. The summed E-state index contributed by atoms with van der Waals surface area (Å²) in [5.41, 5.74) is 1.27. The maximum atomic E-state index is 12.5. The van der Waals surface area contributed by atoms with E-state index in [0.29, 0.717) is 46.7 Å². The molecule has 0 bridgehead atoms. The van der Waals surface area contributed by atoms with Gasteiger partial charge in [-0.25, -0.2) is 0 Å². The molecule has 186 valence electrons. The van der Waals surface area contributed by atoms with Crippen molar-refractivity contribution in [2.45, 2.75) is 6.92 Å². The van der Waals surface area contributed by atoms with Crippen molar-refractivity contribution in [1.29, 1.82) is 5.26 Å². The molecule has 4 rings (SSSR count). The summed E-state index contributed by atoms with van der Waals surface area (Å²) in [6.07, 6.45) is 2.99. The largest absolute Gasteiger partial charge is 0.490 e. The summed E-state index contributed by atoms with van der Waals surface area (Å²) in [7, 11) is 0. The summed E-state index contributed by atoms with van der Waals surface area (Å²) in [5.74, 6) is 1.09. The molecular formula is C26H21N5O5S. The van der Waals surface area contributed by atoms with Crippen LogP contribution in [0.1, 0.15) is 12.5 Å². The number of furan rings is 1. The van der Waals surface area contributed by atoms with Crippen LogP contribution in [0.2, 0.25) is 0 Å². The van der Waals surface area contributed by atoms with E-state index < -0.39 is 5.91 Å². The van der Waals surface area contributed by atoms with Crippen molar-refractivity contribution >= 4 is 40.0 Å². The Morgan fingerprint density at radius 2 is 1.68 bits per heavy atom. The molecule has 0 spiro atoms. The van der Waals surface area contributed by atoms with Crippen LogP contribution in [0.4, 0.5) is 10.8 Å². The minimum atomic E-state index is -0.591. The molecule has 0 aliphatic heterocycles. The van der Waals surface area contributed by atoms with Crippen LogP contribution in [0.15, 0.2) is 76.9 Å². The number of nitriles is 1. The Bertz CT molecular complexity index is 1420. The second-order valence-electron chi connectivity index (χ2n) is 7.49. The molecule has 0 saturated heterocycles. The van der Waals surface area contributed by atoms with E-state index in [2.05, 4.69) is 20.8 Å². The summed E-state index contributed by atoms with van der Waals surface area (Å²) >= 11 is 1.14. The molecule has 2 N–H and O–H groups in total.